The van der Waals surface area contributed by atoms with Crippen molar-refractivity contribution in [3.05, 3.63) is 35.1 Å². The first-order chi connectivity index (χ1) is 6.65. The van der Waals surface area contributed by atoms with E-state index >= 15 is 0 Å². The summed E-state index contributed by atoms with van der Waals surface area (Å²) in [5.41, 5.74) is 2.17. The van der Waals surface area contributed by atoms with Crippen LogP contribution in [0.2, 0.25) is 0 Å². The molecule has 2 heteroatoms. The molecular weight excluding hydrogens is 177 g/mol. The largest absolute Gasteiger partial charge is 0.314 e. The third-order valence-electron chi connectivity index (χ3n) is 3.11. The van der Waals surface area contributed by atoms with Gasteiger partial charge in [0.2, 0.25) is 0 Å². The molecule has 0 saturated heterocycles. The van der Waals surface area contributed by atoms with Crippen molar-refractivity contribution >= 4 is 0 Å². The van der Waals surface area contributed by atoms with Crippen molar-refractivity contribution < 1.29 is 4.39 Å². The average molecular weight is 193 g/mol. The molecule has 0 amide bonds. The molecule has 0 radical (unpaired) electrons. The second-order valence-corrected chi connectivity index (χ2v) is 4.30. The van der Waals surface area contributed by atoms with Crippen molar-refractivity contribution in [2.75, 3.05) is 7.05 Å². The van der Waals surface area contributed by atoms with E-state index in [1.807, 2.05) is 26.1 Å². The summed E-state index contributed by atoms with van der Waals surface area (Å²) in [6.07, 6.45) is 3.14. The molecule has 0 atom stereocenters. The third kappa shape index (κ3) is 1.80. The van der Waals surface area contributed by atoms with E-state index in [1.165, 1.54) is 0 Å². The topological polar surface area (TPSA) is 12.0 Å². The minimum absolute atomic E-state index is 0.0721. The van der Waals surface area contributed by atoms with Gasteiger partial charge in [-0.1, -0.05) is 17.7 Å². The zero-order valence-electron chi connectivity index (χ0n) is 8.73. The van der Waals surface area contributed by atoms with Gasteiger partial charge in [-0.15, -0.1) is 0 Å². The maximum absolute atomic E-state index is 13.4. The van der Waals surface area contributed by atoms with Crippen molar-refractivity contribution in [1.29, 1.82) is 0 Å². The lowest BCUT2D eigenvalue weighted by Crippen LogP contribution is -2.29. The Morgan fingerprint density at radius 1 is 1.43 bits per heavy atom. The molecular formula is C12H16FN. The molecule has 1 aliphatic carbocycles. The maximum Gasteiger partial charge on any atom is 0.126 e. The van der Waals surface area contributed by atoms with Gasteiger partial charge in [-0.3, -0.25) is 0 Å². The van der Waals surface area contributed by atoms with Crippen LogP contribution in [0.3, 0.4) is 0 Å². The van der Waals surface area contributed by atoms with E-state index in [0.29, 0.717) is 0 Å². The Balaban J connectivity index is 2.20. The minimum Gasteiger partial charge on any atom is -0.314 e. The molecule has 14 heavy (non-hydrogen) atoms. The van der Waals surface area contributed by atoms with E-state index in [2.05, 4.69) is 5.32 Å². The summed E-state index contributed by atoms with van der Waals surface area (Å²) >= 11 is 0. The third-order valence-corrected chi connectivity index (χ3v) is 3.11. The van der Waals surface area contributed by atoms with Crippen molar-refractivity contribution in [1.82, 2.24) is 5.32 Å². The highest BCUT2D eigenvalue weighted by Crippen LogP contribution is 2.38. The number of nitrogens with one attached hydrogen (secondary N) is 1. The average Bonchev–Trinajstić information content (AvgIpc) is 2.92. The number of benzene rings is 1. The Kier molecular flexibility index (Phi) is 2.31. The number of rotatable bonds is 3. The Bertz CT molecular complexity index is 342. The van der Waals surface area contributed by atoms with Crippen LogP contribution in [0.15, 0.2) is 18.2 Å². The summed E-state index contributed by atoms with van der Waals surface area (Å²) in [6.45, 7) is 2.00. The molecule has 0 aromatic heterocycles. The molecule has 0 unspecified atom stereocenters. The Hall–Kier alpha value is -0.890. The van der Waals surface area contributed by atoms with Crippen LogP contribution in [0.5, 0.6) is 0 Å². The fraction of sp³-hybridized carbons (Fsp3) is 0.500. The lowest BCUT2D eigenvalue weighted by molar-refractivity contribution is 0.524. The van der Waals surface area contributed by atoms with Gasteiger partial charge in [-0.05, 0) is 44.9 Å². The van der Waals surface area contributed by atoms with Crippen LogP contribution in [0, 0.1) is 12.7 Å². The maximum atomic E-state index is 13.4. The number of hydrogen-bond acceptors (Lipinski definition) is 1. The SMILES string of the molecule is CNC1(Cc2cc(C)ccc2F)CC1. The molecule has 1 nitrogen and oxygen atoms in total. The number of hydrogen-bond donors (Lipinski definition) is 1. The Labute approximate surface area is 84.3 Å². The molecule has 1 aliphatic rings. The molecule has 2 rings (SSSR count). The monoisotopic (exact) mass is 193 g/mol. The van der Waals surface area contributed by atoms with Gasteiger partial charge in [0.1, 0.15) is 5.82 Å². The van der Waals surface area contributed by atoms with Crippen LogP contribution in [-0.2, 0) is 6.42 Å². The van der Waals surface area contributed by atoms with Gasteiger partial charge in [0.25, 0.3) is 0 Å². The predicted molar refractivity (Wildman–Crippen MR) is 55.9 cm³/mol. The standard InChI is InChI=1S/C12H16FN/c1-9-3-4-11(13)10(7-9)8-12(14-2)5-6-12/h3-4,7,14H,5-6,8H2,1-2H3. The van der Waals surface area contributed by atoms with Gasteiger partial charge >= 0.3 is 0 Å². The van der Waals surface area contributed by atoms with Crippen LogP contribution in [-0.4, -0.2) is 12.6 Å². The van der Waals surface area contributed by atoms with Crippen LogP contribution < -0.4 is 5.32 Å². The molecule has 1 saturated carbocycles. The molecule has 0 spiro atoms. The highest BCUT2D eigenvalue weighted by Gasteiger charge is 2.41. The summed E-state index contributed by atoms with van der Waals surface area (Å²) in [5.74, 6) is -0.0721. The second-order valence-electron chi connectivity index (χ2n) is 4.30. The van der Waals surface area contributed by atoms with Crippen LogP contribution in [0.1, 0.15) is 24.0 Å². The predicted octanol–water partition coefficient (Wildman–Crippen LogP) is 2.43. The minimum atomic E-state index is -0.0721. The first-order valence-corrected chi connectivity index (χ1v) is 5.09. The van der Waals surface area contributed by atoms with E-state index < -0.39 is 0 Å². The van der Waals surface area contributed by atoms with Gasteiger partial charge in [-0.2, -0.15) is 0 Å². The summed E-state index contributed by atoms with van der Waals surface area (Å²) in [5, 5.41) is 3.28. The zero-order valence-corrected chi connectivity index (χ0v) is 8.73. The quantitative estimate of drug-likeness (QED) is 0.777. The molecule has 0 aliphatic heterocycles. The molecule has 1 aromatic carbocycles. The van der Waals surface area contributed by atoms with Crippen LogP contribution >= 0.6 is 0 Å². The molecule has 1 aromatic rings. The van der Waals surface area contributed by atoms with Gasteiger partial charge < -0.3 is 5.32 Å². The normalized spacial score (nSPS) is 18.2. The summed E-state index contributed by atoms with van der Waals surface area (Å²) in [6, 6.07) is 5.33. The van der Waals surface area contributed by atoms with E-state index in [9.17, 15) is 4.39 Å². The van der Waals surface area contributed by atoms with Gasteiger partial charge in [-0.25, -0.2) is 4.39 Å². The highest BCUT2D eigenvalue weighted by molar-refractivity contribution is 5.27. The molecule has 0 bridgehead atoms. The van der Waals surface area contributed by atoms with Gasteiger partial charge in [0.05, 0.1) is 0 Å². The smallest absolute Gasteiger partial charge is 0.126 e. The number of likely N-dealkylation sites (N-methyl/N-ethyl adjacent to an activating group) is 1. The van der Waals surface area contributed by atoms with E-state index in [0.717, 1.165) is 30.4 Å². The van der Waals surface area contributed by atoms with E-state index in [4.69, 9.17) is 0 Å². The van der Waals surface area contributed by atoms with Crippen LogP contribution in [0.25, 0.3) is 0 Å². The van der Waals surface area contributed by atoms with Crippen molar-refractivity contribution in [2.45, 2.75) is 31.7 Å². The Morgan fingerprint density at radius 2 is 2.14 bits per heavy atom. The lowest BCUT2D eigenvalue weighted by Gasteiger charge is -2.14. The Morgan fingerprint density at radius 3 is 2.71 bits per heavy atom. The fourth-order valence-corrected chi connectivity index (χ4v) is 1.87. The molecule has 1 fully saturated rings. The summed E-state index contributed by atoms with van der Waals surface area (Å²) in [7, 11) is 1.96. The van der Waals surface area contributed by atoms with E-state index in [-0.39, 0.29) is 11.4 Å². The summed E-state index contributed by atoms with van der Waals surface area (Å²) < 4.78 is 13.4. The van der Waals surface area contributed by atoms with Crippen LogP contribution in [0.4, 0.5) is 4.39 Å². The molecule has 76 valence electrons. The van der Waals surface area contributed by atoms with Crippen molar-refractivity contribution in [3.8, 4) is 0 Å². The molecule has 1 N–H and O–H groups in total. The lowest BCUT2D eigenvalue weighted by atomic mass is 10.0. The number of aryl methyl sites for hydroxylation is 1. The first-order valence-electron chi connectivity index (χ1n) is 5.09. The summed E-state index contributed by atoms with van der Waals surface area (Å²) in [4.78, 5) is 0. The van der Waals surface area contributed by atoms with Crippen molar-refractivity contribution in [2.24, 2.45) is 0 Å². The highest BCUT2D eigenvalue weighted by atomic mass is 19.1. The second kappa shape index (κ2) is 3.35. The number of halogens is 1. The fourth-order valence-electron chi connectivity index (χ4n) is 1.87. The van der Waals surface area contributed by atoms with E-state index in [1.54, 1.807) is 6.07 Å². The first kappa shape index (κ1) is 9.66. The van der Waals surface area contributed by atoms with Crippen molar-refractivity contribution in [3.63, 3.8) is 0 Å². The zero-order chi connectivity index (χ0) is 10.2. The van der Waals surface area contributed by atoms with Gasteiger partial charge in [0, 0.05) is 5.54 Å². The molecule has 0 heterocycles. The van der Waals surface area contributed by atoms with Gasteiger partial charge in [0.15, 0.2) is 0 Å².